The van der Waals surface area contributed by atoms with Gasteiger partial charge in [0.05, 0.1) is 13.1 Å². The van der Waals surface area contributed by atoms with Gasteiger partial charge in [0.1, 0.15) is 0 Å². The number of hydrogen-bond donors (Lipinski definition) is 2. The van der Waals surface area contributed by atoms with Gasteiger partial charge in [-0.1, -0.05) is 34.8 Å². The number of aryl methyl sites for hydroxylation is 1. The molecule has 0 heterocycles. The van der Waals surface area contributed by atoms with Crippen molar-refractivity contribution in [2.75, 3.05) is 20.6 Å². The molecule has 7 heteroatoms. The van der Waals surface area contributed by atoms with E-state index in [4.69, 9.17) is 0 Å². The van der Waals surface area contributed by atoms with E-state index in [9.17, 15) is 4.79 Å². The van der Waals surface area contributed by atoms with Gasteiger partial charge in [0.15, 0.2) is 5.96 Å². The summed E-state index contributed by atoms with van der Waals surface area (Å²) >= 11 is 3.49. The van der Waals surface area contributed by atoms with Crippen LogP contribution < -0.4 is 10.6 Å². The normalized spacial score (nSPS) is 14.8. The zero-order valence-corrected chi connectivity index (χ0v) is 19.1. The van der Waals surface area contributed by atoms with Gasteiger partial charge >= 0.3 is 0 Å². The monoisotopic (exact) mass is 522 g/mol. The molecular formula is C18H28BrIN4O. The van der Waals surface area contributed by atoms with E-state index in [0.717, 1.165) is 10.4 Å². The molecule has 1 aromatic rings. The van der Waals surface area contributed by atoms with E-state index in [1.165, 1.54) is 36.8 Å². The first-order valence-electron chi connectivity index (χ1n) is 8.45. The fraction of sp³-hybridized carbons (Fsp3) is 0.556. The Bertz CT molecular complexity index is 601. The van der Waals surface area contributed by atoms with Gasteiger partial charge in [-0.3, -0.25) is 4.79 Å². The van der Waals surface area contributed by atoms with Crippen LogP contribution in [0.15, 0.2) is 27.7 Å². The minimum Gasteiger partial charge on any atom is -0.354 e. The molecule has 1 fully saturated rings. The molecule has 1 saturated carbocycles. The first kappa shape index (κ1) is 22.2. The average molecular weight is 523 g/mol. The number of rotatable bonds is 5. The molecule has 140 valence electrons. The molecule has 0 aromatic heterocycles. The molecule has 25 heavy (non-hydrogen) atoms. The molecule has 5 nitrogen and oxygen atoms in total. The van der Waals surface area contributed by atoms with E-state index < -0.39 is 0 Å². The molecule has 1 aliphatic carbocycles. The van der Waals surface area contributed by atoms with Crippen molar-refractivity contribution in [3.63, 3.8) is 0 Å². The summed E-state index contributed by atoms with van der Waals surface area (Å²) in [6, 6.07) is 6.67. The second kappa shape index (κ2) is 11.0. The van der Waals surface area contributed by atoms with E-state index in [2.05, 4.69) is 50.6 Å². The Kier molecular flexibility index (Phi) is 9.78. The van der Waals surface area contributed by atoms with Crippen molar-refractivity contribution in [2.45, 2.75) is 45.2 Å². The predicted molar refractivity (Wildman–Crippen MR) is 118 cm³/mol. The fourth-order valence-electron chi connectivity index (χ4n) is 2.73. The Morgan fingerprint density at radius 2 is 2.00 bits per heavy atom. The lowest BCUT2D eigenvalue weighted by molar-refractivity contribution is -0.127. The van der Waals surface area contributed by atoms with Gasteiger partial charge in [-0.15, -0.1) is 24.0 Å². The molecule has 0 unspecified atom stereocenters. The second-order valence-corrected chi connectivity index (χ2v) is 7.42. The van der Waals surface area contributed by atoms with E-state index in [1.54, 1.807) is 19.0 Å². The standard InChI is InChI=1S/C18H27BrN4O.HI/c1-13-10-15(19)9-8-14(13)11-20-18(21-12-17(24)23(2)3)22-16-6-4-5-7-16;/h8-10,16H,4-7,11-12H2,1-3H3,(H2,20,21,22);1H. The Hall–Kier alpha value is -0.830. The van der Waals surface area contributed by atoms with E-state index in [1.807, 2.05) is 6.07 Å². The van der Waals surface area contributed by atoms with Gasteiger partial charge in [0, 0.05) is 24.6 Å². The lowest BCUT2D eigenvalue weighted by atomic mass is 10.1. The van der Waals surface area contributed by atoms with Crippen LogP contribution in [-0.2, 0) is 11.3 Å². The molecule has 0 atom stereocenters. The van der Waals surface area contributed by atoms with Crippen molar-refractivity contribution >= 4 is 51.8 Å². The number of nitrogens with one attached hydrogen (secondary N) is 2. The minimum absolute atomic E-state index is 0. The quantitative estimate of drug-likeness (QED) is 0.354. The minimum atomic E-state index is 0. The Labute approximate surface area is 176 Å². The van der Waals surface area contributed by atoms with Crippen molar-refractivity contribution < 1.29 is 4.79 Å². The highest BCUT2D eigenvalue weighted by molar-refractivity contribution is 14.0. The van der Waals surface area contributed by atoms with Gasteiger partial charge in [-0.2, -0.15) is 0 Å². The number of carbonyl (C=O) groups is 1. The van der Waals surface area contributed by atoms with E-state index >= 15 is 0 Å². The SMILES string of the molecule is Cc1cc(Br)ccc1CN=C(NCC(=O)N(C)C)NC1CCCC1.I. The van der Waals surface area contributed by atoms with Crippen LogP contribution >= 0.6 is 39.9 Å². The lowest BCUT2D eigenvalue weighted by Gasteiger charge is -2.18. The Morgan fingerprint density at radius 3 is 2.60 bits per heavy atom. The topological polar surface area (TPSA) is 56.7 Å². The maximum atomic E-state index is 11.8. The lowest BCUT2D eigenvalue weighted by Crippen LogP contribution is -2.46. The van der Waals surface area contributed by atoms with Gasteiger partial charge in [0.25, 0.3) is 0 Å². The smallest absolute Gasteiger partial charge is 0.241 e. The number of hydrogen-bond acceptors (Lipinski definition) is 2. The number of aliphatic imine (C=N–C) groups is 1. The highest BCUT2D eigenvalue weighted by Gasteiger charge is 2.16. The number of amides is 1. The number of guanidine groups is 1. The summed E-state index contributed by atoms with van der Waals surface area (Å²) in [5.74, 6) is 0.759. The van der Waals surface area contributed by atoms with E-state index in [-0.39, 0.29) is 36.4 Å². The fourth-order valence-corrected chi connectivity index (χ4v) is 3.21. The molecular weight excluding hydrogens is 495 g/mol. The first-order valence-corrected chi connectivity index (χ1v) is 9.25. The maximum Gasteiger partial charge on any atom is 0.241 e. The summed E-state index contributed by atoms with van der Waals surface area (Å²) < 4.78 is 1.08. The zero-order chi connectivity index (χ0) is 17.5. The molecule has 2 rings (SSSR count). The van der Waals surface area contributed by atoms with Crippen LogP contribution in [0.4, 0.5) is 0 Å². The van der Waals surface area contributed by atoms with Gasteiger partial charge in [0.2, 0.25) is 5.91 Å². The van der Waals surface area contributed by atoms with Crippen molar-refractivity contribution in [1.82, 2.24) is 15.5 Å². The molecule has 0 aliphatic heterocycles. The number of carbonyl (C=O) groups excluding carboxylic acids is 1. The summed E-state index contributed by atoms with van der Waals surface area (Å²) in [5.41, 5.74) is 2.39. The summed E-state index contributed by atoms with van der Waals surface area (Å²) in [5, 5.41) is 6.64. The molecule has 0 radical (unpaired) electrons. The average Bonchev–Trinajstić information content (AvgIpc) is 3.03. The largest absolute Gasteiger partial charge is 0.354 e. The van der Waals surface area contributed by atoms with Gasteiger partial charge < -0.3 is 15.5 Å². The molecule has 2 N–H and O–H groups in total. The highest BCUT2D eigenvalue weighted by atomic mass is 127. The molecule has 0 spiro atoms. The van der Waals surface area contributed by atoms with Crippen LogP contribution in [0.25, 0.3) is 0 Å². The van der Waals surface area contributed by atoms with Crippen molar-refractivity contribution in [1.29, 1.82) is 0 Å². The molecule has 0 saturated heterocycles. The van der Waals surface area contributed by atoms with Gasteiger partial charge in [-0.05, 0) is 43.0 Å². The summed E-state index contributed by atoms with van der Waals surface area (Å²) in [7, 11) is 3.52. The Balaban J connectivity index is 0.00000312. The zero-order valence-electron chi connectivity index (χ0n) is 15.1. The number of benzene rings is 1. The van der Waals surface area contributed by atoms with Crippen LogP contribution in [0.1, 0.15) is 36.8 Å². The number of likely N-dealkylation sites (N-methyl/N-ethyl adjacent to an activating group) is 1. The molecule has 1 aromatic carbocycles. The Morgan fingerprint density at radius 1 is 1.32 bits per heavy atom. The summed E-state index contributed by atoms with van der Waals surface area (Å²) in [4.78, 5) is 18.1. The predicted octanol–water partition coefficient (Wildman–Crippen LogP) is 3.44. The highest BCUT2D eigenvalue weighted by Crippen LogP contribution is 2.18. The van der Waals surface area contributed by atoms with Crippen molar-refractivity contribution in [3.8, 4) is 0 Å². The van der Waals surface area contributed by atoms with E-state index in [0.29, 0.717) is 12.6 Å². The molecule has 1 amide bonds. The van der Waals surface area contributed by atoms with Crippen molar-refractivity contribution in [2.24, 2.45) is 4.99 Å². The summed E-state index contributed by atoms with van der Waals surface area (Å²) in [6.07, 6.45) is 4.85. The van der Waals surface area contributed by atoms with Crippen LogP contribution in [0.2, 0.25) is 0 Å². The molecule has 0 bridgehead atoms. The molecule has 1 aliphatic rings. The van der Waals surface area contributed by atoms with Crippen LogP contribution in [0.5, 0.6) is 0 Å². The van der Waals surface area contributed by atoms with Crippen LogP contribution in [0, 0.1) is 6.92 Å². The van der Waals surface area contributed by atoms with Gasteiger partial charge in [-0.25, -0.2) is 4.99 Å². The third kappa shape index (κ3) is 7.52. The number of nitrogens with zero attached hydrogens (tertiary/aromatic N) is 2. The summed E-state index contributed by atoms with van der Waals surface area (Å²) in [6.45, 7) is 2.94. The van der Waals surface area contributed by atoms with Crippen molar-refractivity contribution in [3.05, 3.63) is 33.8 Å². The first-order chi connectivity index (χ1) is 11.5. The third-order valence-electron chi connectivity index (χ3n) is 4.31. The van der Waals surface area contributed by atoms with Crippen LogP contribution in [-0.4, -0.2) is 43.4 Å². The second-order valence-electron chi connectivity index (χ2n) is 6.50. The number of halogens is 2. The maximum absolute atomic E-state index is 11.8. The third-order valence-corrected chi connectivity index (χ3v) is 4.81. The van der Waals surface area contributed by atoms with Crippen LogP contribution in [0.3, 0.4) is 0 Å².